The fourth-order valence-corrected chi connectivity index (χ4v) is 2.28. The Kier molecular flexibility index (Phi) is 4.15. The molecule has 1 aromatic heterocycles. The molecular weight excluding hydrogens is 222 g/mol. The summed E-state index contributed by atoms with van der Waals surface area (Å²) in [4.78, 5) is 0. The van der Waals surface area contributed by atoms with Crippen LogP contribution in [0, 0.1) is 6.92 Å². The minimum atomic E-state index is 0.912. The van der Waals surface area contributed by atoms with Gasteiger partial charge in [0.05, 0.1) is 5.69 Å². The first-order valence-electron chi connectivity index (χ1n) is 6.52. The highest BCUT2D eigenvalue weighted by Crippen LogP contribution is 2.24. The molecule has 1 N–H and O–H groups in total. The predicted octanol–water partition coefficient (Wildman–Crippen LogP) is 2.99. The monoisotopic (exact) mass is 243 g/mol. The number of nitrogens with zero attached hydrogens (tertiary/aromatic N) is 2. The lowest BCUT2D eigenvalue weighted by Gasteiger charge is -2.10. The van der Waals surface area contributed by atoms with E-state index < -0.39 is 0 Å². The number of hydrogen-bond acceptors (Lipinski definition) is 2. The molecule has 96 valence electrons. The Morgan fingerprint density at radius 1 is 1.28 bits per heavy atom. The topological polar surface area (TPSA) is 29.9 Å². The molecule has 1 heterocycles. The van der Waals surface area contributed by atoms with E-state index in [9.17, 15) is 0 Å². The minimum Gasteiger partial charge on any atom is -0.316 e. The van der Waals surface area contributed by atoms with Gasteiger partial charge in [0.1, 0.15) is 0 Å². The normalized spacial score (nSPS) is 10.8. The summed E-state index contributed by atoms with van der Waals surface area (Å²) >= 11 is 0. The van der Waals surface area contributed by atoms with Crippen LogP contribution in [0.25, 0.3) is 11.3 Å². The zero-order valence-corrected chi connectivity index (χ0v) is 11.4. The van der Waals surface area contributed by atoms with Gasteiger partial charge in [-0.3, -0.25) is 4.68 Å². The molecule has 0 aliphatic rings. The average molecular weight is 243 g/mol. The summed E-state index contributed by atoms with van der Waals surface area (Å²) in [6.07, 6.45) is 2.98. The van der Waals surface area contributed by atoms with Crippen molar-refractivity contribution < 1.29 is 0 Å². The Morgan fingerprint density at radius 2 is 2.11 bits per heavy atom. The van der Waals surface area contributed by atoms with Crippen LogP contribution in [0.1, 0.15) is 24.5 Å². The first-order valence-corrected chi connectivity index (χ1v) is 6.52. The second-order valence-corrected chi connectivity index (χ2v) is 4.62. The predicted molar refractivity (Wildman–Crippen MR) is 75.5 cm³/mol. The maximum absolute atomic E-state index is 4.39. The summed E-state index contributed by atoms with van der Waals surface area (Å²) in [7, 11) is 1.97. The van der Waals surface area contributed by atoms with E-state index in [1.165, 1.54) is 22.4 Å². The molecule has 0 saturated carbocycles. The molecule has 0 amide bonds. The van der Waals surface area contributed by atoms with Gasteiger partial charge in [-0.2, -0.15) is 5.10 Å². The molecule has 1 aromatic carbocycles. The van der Waals surface area contributed by atoms with E-state index in [-0.39, 0.29) is 0 Å². The molecule has 0 aliphatic heterocycles. The molecular formula is C15H21N3. The summed E-state index contributed by atoms with van der Waals surface area (Å²) in [5.74, 6) is 0. The number of hydrogen-bond donors (Lipinski definition) is 1. The van der Waals surface area contributed by atoms with E-state index in [0.29, 0.717) is 0 Å². The van der Waals surface area contributed by atoms with Crippen molar-refractivity contribution >= 4 is 0 Å². The summed E-state index contributed by atoms with van der Waals surface area (Å²) < 4.78 is 2.08. The Bertz CT molecular complexity index is 514. The van der Waals surface area contributed by atoms with Crippen LogP contribution in [-0.2, 0) is 13.1 Å². The summed E-state index contributed by atoms with van der Waals surface area (Å²) in [5, 5.41) is 7.57. The van der Waals surface area contributed by atoms with Gasteiger partial charge >= 0.3 is 0 Å². The Hall–Kier alpha value is -1.61. The molecule has 0 aliphatic carbocycles. The maximum atomic E-state index is 4.39. The molecule has 0 saturated heterocycles. The first kappa shape index (κ1) is 12.8. The van der Waals surface area contributed by atoms with Crippen molar-refractivity contribution in [3.05, 3.63) is 41.6 Å². The summed E-state index contributed by atoms with van der Waals surface area (Å²) in [6.45, 7) is 6.22. The molecule has 2 rings (SSSR count). The zero-order valence-electron chi connectivity index (χ0n) is 11.4. The van der Waals surface area contributed by atoms with Crippen molar-refractivity contribution in [2.75, 3.05) is 7.05 Å². The van der Waals surface area contributed by atoms with E-state index >= 15 is 0 Å². The van der Waals surface area contributed by atoms with Gasteiger partial charge in [-0.25, -0.2) is 0 Å². The Balaban J connectivity index is 2.35. The Morgan fingerprint density at radius 3 is 2.78 bits per heavy atom. The minimum absolute atomic E-state index is 0.912. The van der Waals surface area contributed by atoms with Crippen molar-refractivity contribution in [2.24, 2.45) is 0 Å². The van der Waals surface area contributed by atoms with E-state index in [2.05, 4.69) is 53.2 Å². The average Bonchev–Trinajstić information content (AvgIpc) is 2.78. The van der Waals surface area contributed by atoms with Crippen molar-refractivity contribution in [1.82, 2.24) is 15.1 Å². The zero-order chi connectivity index (χ0) is 13.0. The van der Waals surface area contributed by atoms with Gasteiger partial charge < -0.3 is 5.32 Å². The highest BCUT2D eigenvalue weighted by atomic mass is 15.3. The number of rotatable bonds is 5. The standard InChI is InChI=1S/C15H21N3/c1-4-9-18-15(7-8-17-18)14-6-5-13(11-16-3)10-12(14)2/h5-8,10,16H,4,9,11H2,1-3H3. The highest BCUT2D eigenvalue weighted by Gasteiger charge is 2.08. The maximum Gasteiger partial charge on any atom is 0.0684 e. The van der Waals surface area contributed by atoms with E-state index in [4.69, 9.17) is 0 Å². The third-order valence-electron chi connectivity index (χ3n) is 3.10. The number of nitrogens with one attached hydrogen (secondary N) is 1. The second-order valence-electron chi connectivity index (χ2n) is 4.62. The lowest BCUT2D eigenvalue weighted by Crippen LogP contribution is -2.06. The fourth-order valence-electron chi connectivity index (χ4n) is 2.28. The third kappa shape index (κ3) is 2.62. The quantitative estimate of drug-likeness (QED) is 0.875. The van der Waals surface area contributed by atoms with Gasteiger partial charge in [-0.1, -0.05) is 25.1 Å². The van der Waals surface area contributed by atoms with Gasteiger partial charge in [0, 0.05) is 24.8 Å². The molecule has 18 heavy (non-hydrogen) atoms. The lowest BCUT2D eigenvalue weighted by molar-refractivity contribution is 0.609. The van der Waals surface area contributed by atoms with Crippen molar-refractivity contribution in [3.63, 3.8) is 0 Å². The molecule has 0 fully saturated rings. The Labute approximate surface area is 109 Å². The smallest absolute Gasteiger partial charge is 0.0684 e. The van der Waals surface area contributed by atoms with Crippen LogP contribution in [0.5, 0.6) is 0 Å². The summed E-state index contributed by atoms with van der Waals surface area (Å²) in [5.41, 5.74) is 5.12. The fraction of sp³-hybridized carbons (Fsp3) is 0.400. The van der Waals surface area contributed by atoms with Crippen LogP contribution in [0.3, 0.4) is 0 Å². The molecule has 3 nitrogen and oxygen atoms in total. The van der Waals surface area contributed by atoms with Crippen molar-refractivity contribution in [3.8, 4) is 11.3 Å². The number of benzene rings is 1. The van der Waals surface area contributed by atoms with Gasteiger partial charge in [0.15, 0.2) is 0 Å². The van der Waals surface area contributed by atoms with Gasteiger partial charge in [-0.05, 0) is 37.6 Å². The lowest BCUT2D eigenvalue weighted by atomic mass is 10.0. The SMILES string of the molecule is CCCn1nccc1-c1ccc(CNC)cc1C. The first-order chi connectivity index (χ1) is 8.76. The molecule has 0 radical (unpaired) electrons. The summed E-state index contributed by atoms with van der Waals surface area (Å²) in [6, 6.07) is 8.72. The van der Waals surface area contributed by atoms with Crippen LogP contribution < -0.4 is 5.32 Å². The van der Waals surface area contributed by atoms with Crippen LogP contribution in [-0.4, -0.2) is 16.8 Å². The van der Waals surface area contributed by atoms with Crippen LogP contribution >= 0.6 is 0 Å². The number of aromatic nitrogens is 2. The molecule has 0 spiro atoms. The van der Waals surface area contributed by atoms with Crippen LogP contribution in [0.2, 0.25) is 0 Å². The highest BCUT2D eigenvalue weighted by molar-refractivity contribution is 5.64. The molecule has 3 heteroatoms. The largest absolute Gasteiger partial charge is 0.316 e. The molecule has 0 atom stereocenters. The second kappa shape index (κ2) is 5.83. The molecule has 0 unspecified atom stereocenters. The van der Waals surface area contributed by atoms with Gasteiger partial charge in [0.25, 0.3) is 0 Å². The van der Waals surface area contributed by atoms with Crippen LogP contribution in [0.15, 0.2) is 30.5 Å². The van der Waals surface area contributed by atoms with Crippen molar-refractivity contribution in [1.29, 1.82) is 0 Å². The van der Waals surface area contributed by atoms with E-state index in [1.54, 1.807) is 0 Å². The van der Waals surface area contributed by atoms with E-state index in [0.717, 1.165) is 19.5 Å². The van der Waals surface area contributed by atoms with Crippen molar-refractivity contribution in [2.45, 2.75) is 33.4 Å². The van der Waals surface area contributed by atoms with Gasteiger partial charge in [0.2, 0.25) is 0 Å². The van der Waals surface area contributed by atoms with E-state index in [1.807, 2.05) is 13.2 Å². The van der Waals surface area contributed by atoms with Crippen LogP contribution in [0.4, 0.5) is 0 Å². The number of aryl methyl sites for hydroxylation is 2. The third-order valence-corrected chi connectivity index (χ3v) is 3.10. The molecule has 0 bridgehead atoms. The van der Waals surface area contributed by atoms with Gasteiger partial charge in [-0.15, -0.1) is 0 Å². The molecule has 2 aromatic rings.